The Kier molecular flexibility index (Phi) is 4.22. The van der Waals surface area contributed by atoms with E-state index in [2.05, 4.69) is 10.3 Å². The SMILES string of the molecule is CNC(=O)C1CCCN(C(=O)c2cc(C)ncc2O)C1. The number of nitrogens with one attached hydrogen (secondary N) is 1. The molecule has 1 aliphatic rings. The molecule has 0 radical (unpaired) electrons. The number of nitrogens with zero attached hydrogens (tertiary/aromatic N) is 2. The Morgan fingerprint density at radius 1 is 1.50 bits per heavy atom. The van der Waals surface area contributed by atoms with Crippen molar-refractivity contribution < 1.29 is 14.7 Å². The first kappa shape index (κ1) is 14.3. The average Bonchev–Trinajstić information content (AvgIpc) is 2.48. The summed E-state index contributed by atoms with van der Waals surface area (Å²) in [6.45, 7) is 2.76. The number of aryl methyl sites for hydroxylation is 1. The Morgan fingerprint density at radius 2 is 2.25 bits per heavy atom. The van der Waals surface area contributed by atoms with E-state index >= 15 is 0 Å². The van der Waals surface area contributed by atoms with E-state index in [4.69, 9.17) is 0 Å². The largest absolute Gasteiger partial charge is 0.505 e. The molecule has 1 fully saturated rings. The summed E-state index contributed by atoms with van der Waals surface area (Å²) in [5.74, 6) is -0.593. The monoisotopic (exact) mass is 277 g/mol. The molecule has 0 aromatic carbocycles. The fourth-order valence-corrected chi connectivity index (χ4v) is 2.47. The van der Waals surface area contributed by atoms with Crippen LogP contribution in [0.2, 0.25) is 0 Å². The number of rotatable bonds is 2. The summed E-state index contributed by atoms with van der Waals surface area (Å²) in [5, 5.41) is 12.4. The second kappa shape index (κ2) is 5.90. The molecule has 1 atom stereocenters. The van der Waals surface area contributed by atoms with Crippen molar-refractivity contribution in [1.82, 2.24) is 15.2 Å². The summed E-state index contributed by atoms with van der Waals surface area (Å²) < 4.78 is 0. The van der Waals surface area contributed by atoms with Crippen LogP contribution in [0.5, 0.6) is 5.75 Å². The number of piperidine rings is 1. The maximum atomic E-state index is 12.4. The summed E-state index contributed by atoms with van der Waals surface area (Å²) in [4.78, 5) is 29.7. The molecule has 6 heteroatoms. The fourth-order valence-electron chi connectivity index (χ4n) is 2.47. The molecule has 0 spiro atoms. The Labute approximate surface area is 117 Å². The Hall–Kier alpha value is -2.11. The molecule has 20 heavy (non-hydrogen) atoms. The second-order valence-corrected chi connectivity index (χ2v) is 5.05. The molecule has 1 saturated heterocycles. The molecule has 1 aromatic rings. The molecule has 1 aliphatic heterocycles. The molecule has 0 bridgehead atoms. The van der Waals surface area contributed by atoms with Crippen molar-refractivity contribution in [3.05, 3.63) is 23.5 Å². The summed E-state index contributed by atoms with van der Waals surface area (Å²) in [6, 6.07) is 1.57. The zero-order chi connectivity index (χ0) is 14.7. The van der Waals surface area contributed by atoms with Gasteiger partial charge < -0.3 is 15.3 Å². The summed E-state index contributed by atoms with van der Waals surface area (Å²) >= 11 is 0. The third-order valence-corrected chi connectivity index (χ3v) is 3.58. The number of pyridine rings is 1. The quantitative estimate of drug-likeness (QED) is 0.833. The molecule has 2 rings (SSSR count). The highest BCUT2D eigenvalue weighted by Gasteiger charge is 2.29. The van der Waals surface area contributed by atoms with E-state index in [1.165, 1.54) is 6.20 Å². The third-order valence-electron chi connectivity index (χ3n) is 3.58. The number of aromatic nitrogens is 1. The first-order valence-corrected chi connectivity index (χ1v) is 6.69. The molecule has 2 amide bonds. The number of likely N-dealkylation sites (tertiary alicyclic amines) is 1. The van der Waals surface area contributed by atoms with Crippen molar-refractivity contribution in [2.24, 2.45) is 5.92 Å². The first-order chi connectivity index (χ1) is 9.52. The molecule has 0 aliphatic carbocycles. The fraction of sp³-hybridized carbons (Fsp3) is 0.500. The van der Waals surface area contributed by atoms with E-state index in [9.17, 15) is 14.7 Å². The van der Waals surface area contributed by atoms with Crippen LogP contribution in [-0.4, -0.2) is 46.9 Å². The van der Waals surface area contributed by atoms with Gasteiger partial charge in [-0.3, -0.25) is 14.6 Å². The van der Waals surface area contributed by atoms with Crippen molar-refractivity contribution in [3.8, 4) is 5.75 Å². The van der Waals surface area contributed by atoms with Gasteiger partial charge in [0.25, 0.3) is 5.91 Å². The van der Waals surface area contributed by atoms with Crippen LogP contribution >= 0.6 is 0 Å². The minimum absolute atomic E-state index is 0.0439. The standard InChI is InChI=1S/C14H19N3O3/c1-9-6-11(12(18)7-16-9)14(20)17-5-3-4-10(8-17)13(19)15-2/h6-7,10,18H,3-5,8H2,1-2H3,(H,15,19). The summed E-state index contributed by atoms with van der Waals surface area (Å²) in [5.41, 5.74) is 0.918. The molecule has 108 valence electrons. The van der Waals surface area contributed by atoms with E-state index < -0.39 is 0 Å². The van der Waals surface area contributed by atoms with Crippen LogP contribution < -0.4 is 5.32 Å². The van der Waals surface area contributed by atoms with Crippen LogP contribution in [0.3, 0.4) is 0 Å². The van der Waals surface area contributed by atoms with E-state index in [0.29, 0.717) is 18.8 Å². The van der Waals surface area contributed by atoms with Crippen LogP contribution in [0.25, 0.3) is 0 Å². The topological polar surface area (TPSA) is 82.5 Å². The number of hydrogen-bond donors (Lipinski definition) is 2. The van der Waals surface area contributed by atoms with Crippen molar-refractivity contribution in [3.63, 3.8) is 0 Å². The predicted octanol–water partition coefficient (Wildman–Crippen LogP) is 0.694. The highest BCUT2D eigenvalue weighted by Crippen LogP contribution is 2.23. The molecular weight excluding hydrogens is 258 g/mol. The van der Waals surface area contributed by atoms with E-state index in [-0.39, 0.29) is 29.0 Å². The lowest BCUT2D eigenvalue weighted by Gasteiger charge is -2.32. The van der Waals surface area contributed by atoms with Gasteiger partial charge in [0.15, 0.2) is 0 Å². The lowest BCUT2D eigenvalue weighted by molar-refractivity contribution is -0.125. The van der Waals surface area contributed by atoms with Crippen LogP contribution in [-0.2, 0) is 4.79 Å². The molecule has 0 saturated carbocycles. The summed E-state index contributed by atoms with van der Waals surface area (Å²) in [7, 11) is 1.60. The number of hydrogen-bond acceptors (Lipinski definition) is 4. The van der Waals surface area contributed by atoms with E-state index in [0.717, 1.165) is 12.8 Å². The predicted molar refractivity (Wildman–Crippen MR) is 73.3 cm³/mol. The van der Waals surface area contributed by atoms with Crippen molar-refractivity contribution in [2.75, 3.05) is 20.1 Å². The molecule has 2 N–H and O–H groups in total. The van der Waals surface area contributed by atoms with Gasteiger partial charge in [0.05, 0.1) is 17.7 Å². The smallest absolute Gasteiger partial charge is 0.257 e. The average molecular weight is 277 g/mol. The van der Waals surface area contributed by atoms with Gasteiger partial charge in [-0.15, -0.1) is 0 Å². The van der Waals surface area contributed by atoms with Gasteiger partial charge in [0.2, 0.25) is 5.91 Å². The van der Waals surface area contributed by atoms with Crippen molar-refractivity contribution >= 4 is 11.8 Å². The highest BCUT2D eigenvalue weighted by molar-refractivity contribution is 5.97. The van der Waals surface area contributed by atoms with Crippen LogP contribution in [0.15, 0.2) is 12.3 Å². The van der Waals surface area contributed by atoms with Crippen LogP contribution in [0.4, 0.5) is 0 Å². The Bertz CT molecular complexity index is 530. The van der Waals surface area contributed by atoms with Gasteiger partial charge in [0.1, 0.15) is 5.75 Å². The molecular formula is C14H19N3O3. The van der Waals surface area contributed by atoms with Crippen molar-refractivity contribution in [2.45, 2.75) is 19.8 Å². The summed E-state index contributed by atoms with van der Waals surface area (Å²) in [6.07, 6.45) is 2.85. The lowest BCUT2D eigenvalue weighted by atomic mass is 9.96. The maximum absolute atomic E-state index is 12.4. The highest BCUT2D eigenvalue weighted by atomic mass is 16.3. The van der Waals surface area contributed by atoms with Gasteiger partial charge in [-0.05, 0) is 25.8 Å². The van der Waals surface area contributed by atoms with Gasteiger partial charge in [-0.2, -0.15) is 0 Å². The third kappa shape index (κ3) is 2.89. The van der Waals surface area contributed by atoms with E-state index in [1.807, 2.05) is 0 Å². The van der Waals surface area contributed by atoms with Gasteiger partial charge in [-0.25, -0.2) is 0 Å². The molecule has 1 unspecified atom stereocenters. The number of amides is 2. The zero-order valence-corrected chi connectivity index (χ0v) is 11.7. The molecule has 1 aromatic heterocycles. The minimum atomic E-state index is -0.249. The zero-order valence-electron chi connectivity index (χ0n) is 11.7. The minimum Gasteiger partial charge on any atom is -0.505 e. The maximum Gasteiger partial charge on any atom is 0.257 e. The van der Waals surface area contributed by atoms with Gasteiger partial charge in [0, 0.05) is 25.8 Å². The molecule has 2 heterocycles. The number of carbonyl (C=O) groups is 2. The van der Waals surface area contributed by atoms with Gasteiger partial charge in [-0.1, -0.05) is 0 Å². The van der Waals surface area contributed by atoms with Crippen molar-refractivity contribution in [1.29, 1.82) is 0 Å². The van der Waals surface area contributed by atoms with E-state index in [1.54, 1.807) is 24.9 Å². The first-order valence-electron chi connectivity index (χ1n) is 6.69. The van der Waals surface area contributed by atoms with Crippen LogP contribution in [0, 0.1) is 12.8 Å². The lowest BCUT2D eigenvalue weighted by Crippen LogP contribution is -2.44. The van der Waals surface area contributed by atoms with Crippen LogP contribution in [0.1, 0.15) is 28.9 Å². The molecule has 6 nitrogen and oxygen atoms in total. The van der Waals surface area contributed by atoms with Gasteiger partial charge >= 0.3 is 0 Å². The Morgan fingerprint density at radius 3 is 2.95 bits per heavy atom. The number of carbonyl (C=O) groups excluding carboxylic acids is 2. The normalized spacial score (nSPS) is 18.7. The second-order valence-electron chi connectivity index (χ2n) is 5.05. The number of aromatic hydroxyl groups is 1. The Balaban J connectivity index is 2.16.